The molecule has 19 heavy (non-hydrogen) atoms. The number of hydrogen-bond acceptors (Lipinski definition) is 3. The molecule has 106 valence electrons. The standard InChI is InChI=1S/C13H19N3O2.ClH/c1-14-11-4-3-6-16(9-11)13(18)10-5-7-15(2)12(17)8-10;/h5,7-8,11,14H,3-4,6,9H2,1-2H3;1H. The van der Waals surface area contributed by atoms with E-state index in [1.807, 2.05) is 11.9 Å². The normalized spacial score (nSPS) is 18.8. The van der Waals surface area contributed by atoms with Crippen molar-refractivity contribution in [1.82, 2.24) is 14.8 Å². The molecule has 0 spiro atoms. The lowest BCUT2D eigenvalue weighted by Crippen LogP contribution is -2.47. The van der Waals surface area contributed by atoms with Crippen molar-refractivity contribution in [2.24, 2.45) is 7.05 Å². The van der Waals surface area contributed by atoms with Gasteiger partial charge in [-0.05, 0) is 26.0 Å². The van der Waals surface area contributed by atoms with Crippen molar-refractivity contribution in [2.45, 2.75) is 18.9 Å². The van der Waals surface area contributed by atoms with Gasteiger partial charge in [-0.15, -0.1) is 12.4 Å². The Morgan fingerprint density at radius 3 is 2.84 bits per heavy atom. The van der Waals surface area contributed by atoms with Gasteiger partial charge in [0.1, 0.15) is 0 Å². The third kappa shape index (κ3) is 3.58. The first-order valence-electron chi connectivity index (χ1n) is 6.25. The fourth-order valence-corrected chi connectivity index (χ4v) is 2.26. The van der Waals surface area contributed by atoms with E-state index in [0.29, 0.717) is 18.2 Å². The fourth-order valence-electron chi connectivity index (χ4n) is 2.26. The SMILES string of the molecule is CNC1CCCN(C(=O)c2ccn(C)c(=O)c2)C1.Cl. The molecule has 1 unspecified atom stereocenters. The highest BCUT2D eigenvalue weighted by molar-refractivity contribution is 5.94. The molecule has 2 rings (SSSR count). The second-order valence-electron chi connectivity index (χ2n) is 4.74. The number of hydrogen-bond donors (Lipinski definition) is 1. The number of aryl methyl sites for hydroxylation is 1. The summed E-state index contributed by atoms with van der Waals surface area (Å²) in [7, 11) is 3.59. The highest BCUT2D eigenvalue weighted by Gasteiger charge is 2.23. The number of nitrogens with zero attached hydrogens (tertiary/aromatic N) is 2. The van der Waals surface area contributed by atoms with E-state index in [-0.39, 0.29) is 23.9 Å². The zero-order chi connectivity index (χ0) is 13.1. The van der Waals surface area contributed by atoms with Crippen molar-refractivity contribution in [1.29, 1.82) is 0 Å². The summed E-state index contributed by atoms with van der Waals surface area (Å²) in [5.74, 6) is -0.0485. The van der Waals surface area contributed by atoms with Crippen LogP contribution in [0.3, 0.4) is 0 Å². The molecule has 1 aliphatic rings. The zero-order valence-electron chi connectivity index (χ0n) is 11.3. The minimum atomic E-state index is -0.150. The summed E-state index contributed by atoms with van der Waals surface area (Å²) in [4.78, 5) is 25.6. The molecule has 1 aliphatic heterocycles. The number of pyridine rings is 1. The molecular weight excluding hydrogens is 266 g/mol. The van der Waals surface area contributed by atoms with Crippen LogP contribution in [0.5, 0.6) is 0 Å². The van der Waals surface area contributed by atoms with Gasteiger partial charge in [0.25, 0.3) is 11.5 Å². The molecule has 6 heteroatoms. The molecule has 1 fully saturated rings. The monoisotopic (exact) mass is 285 g/mol. The van der Waals surface area contributed by atoms with Crippen LogP contribution >= 0.6 is 12.4 Å². The molecular formula is C13H20ClN3O2. The van der Waals surface area contributed by atoms with Crippen LogP contribution in [0.15, 0.2) is 23.1 Å². The van der Waals surface area contributed by atoms with Gasteiger partial charge < -0.3 is 14.8 Å². The largest absolute Gasteiger partial charge is 0.337 e. The van der Waals surface area contributed by atoms with E-state index in [2.05, 4.69) is 5.32 Å². The van der Waals surface area contributed by atoms with Crippen molar-refractivity contribution in [3.63, 3.8) is 0 Å². The number of rotatable bonds is 2. The quantitative estimate of drug-likeness (QED) is 0.867. The van der Waals surface area contributed by atoms with E-state index in [1.54, 1.807) is 19.3 Å². The first-order valence-corrected chi connectivity index (χ1v) is 6.25. The summed E-state index contributed by atoms with van der Waals surface area (Å²) in [6.45, 7) is 1.48. The Morgan fingerprint density at radius 2 is 2.21 bits per heavy atom. The summed E-state index contributed by atoms with van der Waals surface area (Å²) in [6.07, 6.45) is 3.73. The van der Waals surface area contributed by atoms with Crippen LogP contribution in [0.4, 0.5) is 0 Å². The number of piperidine rings is 1. The lowest BCUT2D eigenvalue weighted by Gasteiger charge is -2.32. The smallest absolute Gasteiger partial charge is 0.254 e. The minimum absolute atomic E-state index is 0. The van der Waals surface area contributed by atoms with E-state index in [4.69, 9.17) is 0 Å². The Balaban J connectivity index is 0.00000180. The highest BCUT2D eigenvalue weighted by Crippen LogP contribution is 2.12. The number of carbonyl (C=O) groups excluding carboxylic acids is 1. The number of amides is 1. The van der Waals surface area contributed by atoms with E-state index in [9.17, 15) is 9.59 Å². The zero-order valence-corrected chi connectivity index (χ0v) is 12.1. The maximum Gasteiger partial charge on any atom is 0.254 e. The molecule has 5 nitrogen and oxygen atoms in total. The van der Waals surface area contributed by atoms with E-state index in [1.165, 1.54) is 10.6 Å². The summed E-state index contributed by atoms with van der Waals surface area (Å²) >= 11 is 0. The minimum Gasteiger partial charge on any atom is -0.337 e. The summed E-state index contributed by atoms with van der Waals surface area (Å²) in [5, 5.41) is 3.20. The van der Waals surface area contributed by atoms with Gasteiger partial charge in [0, 0.05) is 44.0 Å². The van der Waals surface area contributed by atoms with Crippen LogP contribution in [0.2, 0.25) is 0 Å². The maximum atomic E-state index is 12.3. The van der Waals surface area contributed by atoms with Gasteiger partial charge >= 0.3 is 0 Å². The van der Waals surface area contributed by atoms with Crippen molar-refractivity contribution in [3.8, 4) is 0 Å². The predicted octanol–water partition coefficient (Wildman–Crippen LogP) is 0.631. The van der Waals surface area contributed by atoms with Crippen LogP contribution in [0.25, 0.3) is 0 Å². The number of likely N-dealkylation sites (N-methyl/N-ethyl adjacent to an activating group) is 1. The van der Waals surface area contributed by atoms with Crippen molar-refractivity contribution >= 4 is 18.3 Å². The molecule has 1 aromatic heterocycles. The van der Waals surface area contributed by atoms with Gasteiger partial charge in [-0.2, -0.15) is 0 Å². The molecule has 1 N–H and O–H groups in total. The van der Waals surface area contributed by atoms with Crippen molar-refractivity contribution < 1.29 is 4.79 Å². The lowest BCUT2D eigenvalue weighted by atomic mass is 10.0. The second kappa shape index (κ2) is 6.73. The summed E-state index contributed by atoms with van der Waals surface area (Å²) in [6, 6.07) is 3.46. The van der Waals surface area contributed by atoms with Crippen molar-refractivity contribution in [3.05, 3.63) is 34.2 Å². The van der Waals surface area contributed by atoms with Crippen LogP contribution < -0.4 is 10.9 Å². The second-order valence-corrected chi connectivity index (χ2v) is 4.74. The Morgan fingerprint density at radius 1 is 1.47 bits per heavy atom. The number of nitrogens with one attached hydrogen (secondary N) is 1. The van der Waals surface area contributed by atoms with Crippen molar-refractivity contribution in [2.75, 3.05) is 20.1 Å². The first-order chi connectivity index (χ1) is 8.61. The first kappa shape index (κ1) is 15.7. The average molecular weight is 286 g/mol. The van der Waals surface area contributed by atoms with Crippen LogP contribution in [0.1, 0.15) is 23.2 Å². The molecule has 2 heterocycles. The van der Waals surface area contributed by atoms with Crippen LogP contribution in [-0.4, -0.2) is 41.6 Å². The summed E-state index contributed by atoms with van der Waals surface area (Å²) in [5.41, 5.74) is 0.331. The van der Waals surface area contributed by atoms with Gasteiger partial charge in [0.05, 0.1) is 0 Å². The fraction of sp³-hybridized carbons (Fsp3) is 0.538. The Hall–Kier alpha value is -1.33. The molecule has 0 saturated carbocycles. The molecule has 0 bridgehead atoms. The third-order valence-corrected chi connectivity index (χ3v) is 3.47. The van der Waals surface area contributed by atoms with Gasteiger partial charge in [-0.1, -0.05) is 0 Å². The molecule has 1 atom stereocenters. The Kier molecular flexibility index (Phi) is 5.57. The Bertz CT molecular complexity index is 501. The van der Waals surface area contributed by atoms with E-state index >= 15 is 0 Å². The van der Waals surface area contributed by atoms with Gasteiger partial charge in [-0.25, -0.2) is 0 Å². The molecule has 0 aromatic carbocycles. The molecule has 1 aromatic rings. The number of halogens is 1. The topological polar surface area (TPSA) is 54.3 Å². The third-order valence-electron chi connectivity index (χ3n) is 3.47. The summed E-state index contributed by atoms with van der Waals surface area (Å²) < 4.78 is 1.46. The molecule has 1 saturated heterocycles. The molecule has 0 radical (unpaired) electrons. The average Bonchev–Trinajstić information content (AvgIpc) is 2.41. The van der Waals surface area contributed by atoms with Crippen LogP contribution in [0, 0.1) is 0 Å². The Labute approximate surface area is 119 Å². The van der Waals surface area contributed by atoms with Crippen LogP contribution in [-0.2, 0) is 7.05 Å². The number of carbonyl (C=O) groups is 1. The van der Waals surface area contributed by atoms with Gasteiger partial charge in [0.2, 0.25) is 0 Å². The molecule has 0 aliphatic carbocycles. The van der Waals surface area contributed by atoms with Gasteiger partial charge in [-0.3, -0.25) is 9.59 Å². The van der Waals surface area contributed by atoms with E-state index < -0.39 is 0 Å². The van der Waals surface area contributed by atoms with E-state index in [0.717, 1.165) is 19.4 Å². The molecule has 1 amide bonds. The number of likely N-dealkylation sites (tertiary alicyclic amines) is 1. The van der Waals surface area contributed by atoms with Gasteiger partial charge in [0.15, 0.2) is 0 Å². The highest BCUT2D eigenvalue weighted by atomic mass is 35.5. The maximum absolute atomic E-state index is 12.3. The lowest BCUT2D eigenvalue weighted by molar-refractivity contribution is 0.0698. The predicted molar refractivity (Wildman–Crippen MR) is 76.9 cm³/mol. The number of aromatic nitrogens is 1.